The minimum Gasteiger partial charge on any atom is -0.383 e. The Morgan fingerprint density at radius 2 is 1.70 bits per heavy atom. The molecule has 0 fully saturated rings. The fourth-order valence-corrected chi connectivity index (χ4v) is 2.54. The fraction of sp³-hybridized carbons (Fsp3) is 0.571. The number of nitrogens with one attached hydrogen (secondary N) is 2. The van der Waals surface area contributed by atoms with Crippen LogP contribution in [-0.4, -0.2) is 46.0 Å². The van der Waals surface area contributed by atoms with Crippen molar-refractivity contribution in [3.63, 3.8) is 0 Å². The Morgan fingerprint density at radius 1 is 1.15 bits per heavy atom. The second-order valence-electron chi connectivity index (χ2n) is 5.59. The molecule has 0 aliphatic rings. The van der Waals surface area contributed by atoms with Crippen molar-refractivity contribution in [1.29, 1.82) is 0 Å². The highest BCUT2D eigenvalue weighted by atomic mass is 32.2. The Kier molecular flexibility index (Phi) is 5.56. The fourth-order valence-electron chi connectivity index (χ4n) is 1.50. The van der Waals surface area contributed by atoms with Gasteiger partial charge in [0.1, 0.15) is 0 Å². The lowest BCUT2D eigenvalue weighted by atomic mass is 10.0. The maximum atomic E-state index is 11.8. The van der Waals surface area contributed by atoms with Crippen LogP contribution in [0.25, 0.3) is 0 Å². The van der Waals surface area contributed by atoms with Crippen LogP contribution in [0.2, 0.25) is 0 Å². The molecule has 0 aliphatic carbocycles. The molecule has 0 aromatic heterocycles. The lowest BCUT2D eigenvalue weighted by molar-refractivity contribution is 0.210. The third-order valence-electron chi connectivity index (χ3n) is 3.43. The first-order valence-corrected chi connectivity index (χ1v) is 8.18. The summed E-state index contributed by atoms with van der Waals surface area (Å²) in [4.78, 5) is 2.43. The van der Waals surface area contributed by atoms with Crippen LogP contribution in [-0.2, 0) is 10.0 Å². The predicted octanol–water partition coefficient (Wildman–Crippen LogP) is 1.74. The molecule has 0 saturated carbocycles. The van der Waals surface area contributed by atoms with E-state index < -0.39 is 10.0 Å². The SMILES string of the molecule is CCNS(=O)(=O)c1ccc(NCC(C)(C)N(C)C)cc1. The predicted molar refractivity (Wildman–Crippen MR) is 83.6 cm³/mol. The minimum atomic E-state index is -3.37. The van der Waals surface area contributed by atoms with Crippen molar-refractivity contribution < 1.29 is 8.42 Å². The van der Waals surface area contributed by atoms with Crippen molar-refractivity contribution in [2.75, 3.05) is 32.5 Å². The molecule has 0 spiro atoms. The summed E-state index contributed by atoms with van der Waals surface area (Å²) in [6.07, 6.45) is 0. The van der Waals surface area contributed by atoms with Gasteiger partial charge in [-0.25, -0.2) is 13.1 Å². The Balaban J connectivity index is 2.73. The zero-order chi connectivity index (χ0) is 15.4. The van der Waals surface area contributed by atoms with Gasteiger partial charge < -0.3 is 10.2 Å². The van der Waals surface area contributed by atoms with Gasteiger partial charge in [0, 0.05) is 24.3 Å². The van der Waals surface area contributed by atoms with Crippen molar-refractivity contribution in [1.82, 2.24) is 9.62 Å². The van der Waals surface area contributed by atoms with Gasteiger partial charge in [-0.15, -0.1) is 0 Å². The van der Waals surface area contributed by atoms with E-state index in [-0.39, 0.29) is 10.4 Å². The van der Waals surface area contributed by atoms with Crippen LogP contribution in [0, 0.1) is 0 Å². The molecule has 1 aromatic rings. The van der Waals surface area contributed by atoms with E-state index in [0.717, 1.165) is 12.2 Å². The molecule has 0 aliphatic heterocycles. The topological polar surface area (TPSA) is 61.4 Å². The summed E-state index contributed by atoms with van der Waals surface area (Å²) in [5, 5.41) is 3.32. The van der Waals surface area contributed by atoms with Gasteiger partial charge in [0.25, 0.3) is 0 Å². The molecule has 1 rings (SSSR count). The number of sulfonamides is 1. The second-order valence-corrected chi connectivity index (χ2v) is 7.35. The van der Waals surface area contributed by atoms with Crippen LogP contribution in [0.1, 0.15) is 20.8 Å². The van der Waals surface area contributed by atoms with Gasteiger partial charge in [-0.05, 0) is 52.2 Å². The number of hydrogen-bond acceptors (Lipinski definition) is 4. The maximum absolute atomic E-state index is 11.8. The summed E-state index contributed by atoms with van der Waals surface area (Å²) >= 11 is 0. The molecule has 0 atom stereocenters. The zero-order valence-electron chi connectivity index (χ0n) is 12.9. The van der Waals surface area contributed by atoms with Gasteiger partial charge >= 0.3 is 0 Å². The smallest absolute Gasteiger partial charge is 0.240 e. The number of hydrogen-bond donors (Lipinski definition) is 2. The molecule has 0 heterocycles. The molecule has 1 aromatic carbocycles. The van der Waals surface area contributed by atoms with Crippen LogP contribution in [0.3, 0.4) is 0 Å². The van der Waals surface area contributed by atoms with Gasteiger partial charge in [-0.1, -0.05) is 6.92 Å². The van der Waals surface area contributed by atoms with Crippen LogP contribution in [0.15, 0.2) is 29.2 Å². The van der Waals surface area contributed by atoms with E-state index in [4.69, 9.17) is 0 Å². The molecule has 5 nitrogen and oxygen atoms in total. The molecule has 2 N–H and O–H groups in total. The zero-order valence-corrected chi connectivity index (χ0v) is 13.7. The number of benzene rings is 1. The van der Waals surface area contributed by atoms with Gasteiger partial charge in [-0.2, -0.15) is 0 Å². The second kappa shape index (κ2) is 6.56. The maximum Gasteiger partial charge on any atom is 0.240 e. The molecular weight excluding hydrogens is 274 g/mol. The first-order valence-electron chi connectivity index (χ1n) is 6.70. The lowest BCUT2D eigenvalue weighted by Gasteiger charge is -2.33. The van der Waals surface area contributed by atoms with Gasteiger partial charge in [0.2, 0.25) is 10.0 Å². The third kappa shape index (κ3) is 4.47. The highest BCUT2D eigenvalue weighted by Gasteiger charge is 2.20. The van der Waals surface area contributed by atoms with Crippen LogP contribution in [0.4, 0.5) is 5.69 Å². The molecule has 6 heteroatoms. The van der Waals surface area contributed by atoms with Crippen molar-refractivity contribution >= 4 is 15.7 Å². The van der Waals surface area contributed by atoms with Crippen molar-refractivity contribution in [3.8, 4) is 0 Å². The number of nitrogens with zero attached hydrogens (tertiary/aromatic N) is 1. The normalized spacial score (nSPS) is 12.7. The van der Waals surface area contributed by atoms with E-state index >= 15 is 0 Å². The first kappa shape index (κ1) is 16.9. The minimum absolute atomic E-state index is 0.0223. The summed E-state index contributed by atoms with van der Waals surface area (Å²) in [7, 11) is 0.701. The highest BCUT2D eigenvalue weighted by Crippen LogP contribution is 2.16. The number of likely N-dealkylation sites (N-methyl/N-ethyl adjacent to an activating group) is 1. The van der Waals surface area contributed by atoms with Crippen molar-refractivity contribution in [2.45, 2.75) is 31.2 Å². The van der Waals surface area contributed by atoms with Gasteiger partial charge in [0.15, 0.2) is 0 Å². The third-order valence-corrected chi connectivity index (χ3v) is 5.00. The van der Waals surface area contributed by atoms with E-state index in [0.29, 0.717) is 6.54 Å². The lowest BCUT2D eigenvalue weighted by Crippen LogP contribution is -2.44. The molecule has 114 valence electrons. The van der Waals surface area contributed by atoms with E-state index in [1.165, 1.54) is 0 Å². The first-order chi connectivity index (χ1) is 9.19. The van der Waals surface area contributed by atoms with Gasteiger partial charge in [-0.3, -0.25) is 0 Å². The van der Waals surface area contributed by atoms with E-state index in [9.17, 15) is 8.42 Å². The molecule has 0 bridgehead atoms. The summed E-state index contributed by atoms with van der Waals surface area (Å²) in [6, 6.07) is 6.80. The van der Waals surface area contributed by atoms with Crippen molar-refractivity contribution in [2.24, 2.45) is 0 Å². The summed E-state index contributed by atoms with van der Waals surface area (Å²) in [5.74, 6) is 0. The largest absolute Gasteiger partial charge is 0.383 e. The van der Waals surface area contributed by atoms with Crippen LogP contribution >= 0.6 is 0 Å². The molecule has 20 heavy (non-hydrogen) atoms. The average molecular weight is 299 g/mol. The quantitative estimate of drug-likeness (QED) is 0.805. The summed E-state index contributed by atoms with van der Waals surface area (Å²) < 4.78 is 26.1. The van der Waals surface area contributed by atoms with Crippen molar-refractivity contribution in [3.05, 3.63) is 24.3 Å². The van der Waals surface area contributed by atoms with E-state index in [1.54, 1.807) is 31.2 Å². The Hall–Kier alpha value is -1.11. The average Bonchev–Trinajstić information content (AvgIpc) is 2.37. The number of rotatable bonds is 7. The molecule has 0 saturated heterocycles. The molecular formula is C14H25N3O2S. The van der Waals surface area contributed by atoms with Crippen LogP contribution < -0.4 is 10.0 Å². The molecule has 0 amide bonds. The van der Waals surface area contributed by atoms with E-state index in [2.05, 4.69) is 28.8 Å². The standard InChI is InChI=1S/C14H25N3O2S/c1-6-16-20(18,19)13-9-7-12(8-10-13)15-11-14(2,3)17(4)5/h7-10,15-16H,6,11H2,1-5H3. The van der Waals surface area contributed by atoms with E-state index in [1.807, 2.05) is 14.1 Å². The monoisotopic (exact) mass is 299 g/mol. The highest BCUT2D eigenvalue weighted by molar-refractivity contribution is 7.89. The van der Waals surface area contributed by atoms with Crippen LogP contribution in [0.5, 0.6) is 0 Å². The van der Waals surface area contributed by atoms with Gasteiger partial charge in [0.05, 0.1) is 4.90 Å². The Morgan fingerprint density at radius 3 is 2.15 bits per heavy atom. The number of anilines is 1. The molecule has 0 radical (unpaired) electrons. The summed E-state index contributed by atoms with van der Waals surface area (Å²) in [5.41, 5.74) is 0.935. The Labute approximate surface area is 122 Å². The Bertz CT molecular complexity index is 522. The summed E-state index contributed by atoms with van der Waals surface area (Å²) in [6.45, 7) is 7.21. The molecule has 0 unspecified atom stereocenters.